The van der Waals surface area contributed by atoms with Gasteiger partial charge in [-0.15, -0.1) is 11.8 Å². The second kappa shape index (κ2) is 7.05. The molecule has 0 amide bonds. The molecule has 0 aliphatic carbocycles. The van der Waals surface area contributed by atoms with Crippen LogP contribution in [0.4, 0.5) is 0 Å². The Morgan fingerprint density at radius 1 is 0.917 bits per heavy atom. The average Bonchev–Trinajstić information content (AvgIpc) is 2.57. The van der Waals surface area contributed by atoms with Crippen molar-refractivity contribution in [3.8, 4) is 22.5 Å². The lowest BCUT2D eigenvalue weighted by molar-refractivity contribution is 0.942. The molecule has 4 nitrogen and oxygen atoms in total. The average molecular weight is 377 g/mol. The van der Waals surface area contributed by atoms with E-state index in [-0.39, 0.29) is 0 Å². The Hall–Kier alpha value is -1.69. The predicted molar refractivity (Wildman–Crippen MR) is 99.8 cm³/mol. The lowest BCUT2D eigenvalue weighted by Gasteiger charge is -2.14. The maximum absolute atomic E-state index is 6.38. The van der Waals surface area contributed by atoms with Crippen molar-refractivity contribution in [3.05, 3.63) is 52.0 Å². The van der Waals surface area contributed by atoms with Gasteiger partial charge in [0.1, 0.15) is 0 Å². The minimum Gasteiger partial charge on any atom is -0.255 e. The molecule has 0 aliphatic heterocycles. The fraction of sp³-hybridized carbons (Fsp3) is 0.176. The van der Waals surface area contributed by atoms with Crippen LogP contribution in [0, 0.1) is 13.8 Å². The van der Waals surface area contributed by atoms with Crippen LogP contribution in [0.5, 0.6) is 0 Å². The molecule has 0 unspecified atom stereocenters. The van der Waals surface area contributed by atoms with Crippen LogP contribution in [0.1, 0.15) is 11.4 Å². The molecule has 3 rings (SSSR count). The van der Waals surface area contributed by atoms with E-state index in [4.69, 9.17) is 23.2 Å². The zero-order chi connectivity index (χ0) is 17.3. The van der Waals surface area contributed by atoms with Crippen LogP contribution in [-0.2, 0) is 0 Å². The Morgan fingerprint density at radius 2 is 1.62 bits per heavy atom. The highest BCUT2D eigenvalue weighted by atomic mass is 35.5. The van der Waals surface area contributed by atoms with Gasteiger partial charge in [0.15, 0.2) is 0 Å². The van der Waals surface area contributed by atoms with Gasteiger partial charge in [0.2, 0.25) is 0 Å². The summed E-state index contributed by atoms with van der Waals surface area (Å²) in [5, 5.41) is 9.43. The van der Waals surface area contributed by atoms with Gasteiger partial charge < -0.3 is 0 Å². The van der Waals surface area contributed by atoms with Crippen LogP contribution in [0.3, 0.4) is 0 Å². The largest absolute Gasteiger partial charge is 0.255 e. The van der Waals surface area contributed by atoms with Crippen LogP contribution in [0.25, 0.3) is 22.5 Å². The maximum atomic E-state index is 6.38. The van der Waals surface area contributed by atoms with E-state index in [0.717, 1.165) is 33.1 Å². The number of rotatable bonds is 3. The molecule has 3 aromatic heterocycles. The van der Waals surface area contributed by atoms with Gasteiger partial charge in [-0.05, 0) is 38.3 Å². The van der Waals surface area contributed by atoms with Gasteiger partial charge in [-0.2, -0.15) is 10.2 Å². The molecular weight excluding hydrogens is 363 g/mol. The predicted octanol–water partition coefficient (Wildman–Crippen LogP) is 5.25. The summed E-state index contributed by atoms with van der Waals surface area (Å²) in [6, 6.07) is 5.68. The highest BCUT2D eigenvalue weighted by molar-refractivity contribution is 7.98. The molecule has 122 valence electrons. The van der Waals surface area contributed by atoms with Gasteiger partial charge in [0.05, 0.1) is 32.8 Å². The Kier molecular flexibility index (Phi) is 5.04. The molecule has 0 aromatic carbocycles. The molecule has 24 heavy (non-hydrogen) atoms. The van der Waals surface area contributed by atoms with Crippen molar-refractivity contribution in [1.82, 2.24) is 20.2 Å². The van der Waals surface area contributed by atoms with Crippen LogP contribution in [0.15, 0.2) is 35.5 Å². The Labute approximate surface area is 154 Å². The second-order valence-corrected chi connectivity index (χ2v) is 6.91. The number of thioether (sulfide) groups is 1. The van der Waals surface area contributed by atoms with E-state index < -0.39 is 0 Å². The molecule has 0 atom stereocenters. The smallest absolute Gasteiger partial charge is 0.0915 e. The lowest BCUT2D eigenvalue weighted by Crippen LogP contribution is -2.02. The van der Waals surface area contributed by atoms with E-state index in [9.17, 15) is 0 Å². The number of nitrogens with zero attached hydrogens (tertiary/aromatic N) is 4. The summed E-state index contributed by atoms with van der Waals surface area (Å²) in [6.07, 6.45) is 5.44. The van der Waals surface area contributed by atoms with Gasteiger partial charge in [-0.1, -0.05) is 23.2 Å². The zero-order valence-corrected chi connectivity index (χ0v) is 15.7. The summed E-state index contributed by atoms with van der Waals surface area (Å²) < 4.78 is 0. The van der Waals surface area contributed by atoms with Crippen LogP contribution in [0.2, 0.25) is 10.0 Å². The molecule has 3 heterocycles. The number of hydrogen-bond donors (Lipinski definition) is 0. The second-order valence-electron chi connectivity index (χ2n) is 5.19. The van der Waals surface area contributed by atoms with Crippen LogP contribution >= 0.6 is 35.0 Å². The van der Waals surface area contributed by atoms with E-state index in [1.807, 2.05) is 38.4 Å². The Morgan fingerprint density at radius 3 is 2.21 bits per heavy atom. The summed E-state index contributed by atoms with van der Waals surface area (Å²) in [7, 11) is 0. The molecule has 0 aliphatic rings. The number of pyridine rings is 2. The van der Waals surface area contributed by atoms with Crippen molar-refractivity contribution >= 4 is 35.0 Å². The monoisotopic (exact) mass is 376 g/mol. The standard InChI is InChI=1S/C17H14Cl2N4S/c1-9-15(14-5-4-12(24-3)8-20-14)16(10(2)23-22-9)17-13(19)6-11(18)7-21-17/h4-8H,1-3H3. The summed E-state index contributed by atoms with van der Waals surface area (Å²) in [5.74, 6) is 0. The van der Waals surface area contributed by atoms with Crippen molar-refractivity contribution in [2.24, 2.45) is 0 Å². The van der Waals surface area contributed by atoms with Gasteiger partial charge in [0, 0.05) is 28.4 Å². The molecule has 3 aromatic rings. The first kappa shape index (κ1) is 17.1. The first-order chi connectivity index (χ1) is 11.5. The summed E-state index contributed by atoms with van der Waals surface area (Å²) >= 11 is 14.0. The quantitative estimate of drug-likeness (QED) is 0.584. The SMILES string of the molecule is CSc1ccc(-c2c(C)nnc(C)c2-c2ncc(Cl)cc2Cl)nc1. The molecule has 0 saturated heterocycles. The number of halogens is 2. The number of aromatic nitrogens is 4. The van der Waals surface area contributed by atoms with Crippen LogP contribution < -0.4 is 0 Å². The lowest BCUT2D eigenvalue weighted by atomic mass is 9.98. The van der Waals surface area contributed by atoms with Crippen molar-refractivity contribution in [2.45, 2.75) is 18.7 Å². The topological polar surface area (TPSA) is 51.6 Å². The first-order valence-electron chi connectivity index (χ1n) is 7.17. The third-order valence-corrected chi connectivity index (χ3v) is 4.80. The third-order valence-electron chi connectivity index (χ3n) is 3.60. The van der Waals surface area contributed by atoms with E-state index in [0.29, 0.717) is 15.7 Å². The van der Waals surface area contributed by atoms with Crippen molar-refractivity contribution in [1.29, 1.82) is 0 Å². The van der Waals surface area contributed by atoms with E-state index in [1.165, 1.54) is 0 Å². The van der Waals surface area contributed by atoms with E-state index in [1.54, 1.807) is 24.0 Å². The van der Waals surface area contributed by atoms with Gasteiger partial charge >= 0.3 is 0 Å². The maximum Gasteiger partial charge on any atom is 0.0915 e. The van der Waals surface area contributed by atoms with Crippen molar-refractivity contribution in [3.63, 3.8) is 0 Å². The number of aryl methyl sites for hydroxylation is 2. The summed E-state index contributed by atoms with van der Waals surface area (Å²) in [6.45, 7) is 3.79. The highest BCUT2D eigenvalue weighted by Crippen LogP contribution is 2.37. The summed E-state index contributed by atoms with van der Waals surface area (Å²) in [4.78, 5) is 10.1. The molecule has 0 bridgehead atoms. The third kappa shape index (κ3) is 3.24. The molecule has 0 saturated carbocycles. The minimum atomic E-state index is 0.472. The fourth-order valence-electron chi connectivity index (χ4n) is 2.46. The highest BCUT2D eigenvalue weighted by Gasteiger charge is 2.20. The zero-order valence-electron chi connectivity index (χ0n) is 13.3. The Balaban J connectivity index is 2.27. The molecular formula is C17H14Cl2N4S. The first-order valence-corrected chi connectivity index (χ1v) is 9.15. The normalized spacial score (nSPS) is 10.9. The molecule has 7 heteroatoms. The van der Waals surface area contributed by atoms with Crippen molar-refractivity contribution < 1.29 is 0 Å². The van der Waals surface area contributed by atoms with E-state index in [2.05, 4.69) is 20.2 Å². The van der Waals surface area contributed by atoms with Crippen LogP contribution in [-0.4, -0.2) is 26.4 Å². The van der Waals surface area contributed by atoms with E-state index >= 15 is 0 Å². The Bertz CT molecular complexity index is 898. The van der Waals surface area contributed by atoms with Gasteiger partial charge in [-0.3, -0.25) is 9.97 Å². The number of hydrogen-bond acceptors (Lipinski definition) is 5. The minimum absolute atomic E-state index is 0.472. The molecule has 0 N–H and O–H groups in total. The summed E-state index contributed by atoms with van der Waals surface area (Å²) in [5.41, 5.74) is 4.66. The molecule has 0 radical (unpaired) electrons. The molecule has 0 spiro atoms. The van der Waals surface area contributed by atoms with Gasteiger partial charge in [0.25, 0.3) is 0 Å². The fourth-order valence-corrected chi connectivity index (χ4v) is 3.30. The van der Waals surface area contributed by atoms with Crippen molar-refractivity contribution in [2.75, 3.05) is 6.26 Å². The van der Waals surface area contributed by atoms with Gasteiger partial charge in [-0.25, -0.2) is 0 Å². The molecule has 0 fully saturated rings.